The fourth-order valence-corrected chi connectivity index (χ4v) is 7.18. The normalized spacial score (nSPS) is 31.1. The maximum Gasteiger partial charge on any atom is 0.268 e. The molecule has 4 N–H and O–H groups in total. The van der Waals surface area contributed by atoms with Crippen molar-refractivity contribution in [2.24, 2.45) is 29.6 Å². The molecule has 3 aliphatic carbocycles. The van der Waals surface area contributed by atoms with Gasteiger partial charge in [0.1, 0.15) is 23.0 Å². The molecule has 1 aliphatic heterocycles. The number of nitriles is 1. The van der Waals surface area contributed by atoms with Crippen molar-refractivity contribution in [3.8, 4) is 11.8 Å². The fraction of sp³-hybridized carbons (Fsp3) is 0.571. The lowest BCUT2D eigenvalue weighted by molar-refractivity contribution is -0.134. The Morgan fingerprint density at radius 2 is 2.11 bits per heavy atom. The van der Waals surface area contributed by atoms with Crippen molar-refractivity contribution in [3.63, 3.8) is 0 Å². The molecule has 0 spiro atoms. The second kappa shape index (κ2) is 9.09. The van der Waals surface area contributed by atoms with E-state index in [-0.39, 0.29) is 41.4 Å². The molecule has 9 heteroatoms. The van der Waals surface area contributed by atoms with Gasteiger partial charge in [-0.15, -0.1) is 0 Å². The smallest absolute Gasteiger partial charge is 0.268 e. The van der Waals surface area contributed by atoms with Gasteiger partial charge in [-0.2, -0.15) is 5.26 Å². The molecule has 6 unspecified atom stereocenters. The molecule has 3 saturated carbocycles. The number of ether oxygens (including phenoxy) is 1. The number of fused-ring (bicyclic) bond motifs is 5. The van der Waals surface area contributed by atoms with Crippen LogP contribution in [0.5, 0.6) is 5.75 Å². The van der Waals surface area contributed by atoms with Crippen LogP contribution in [0.1, 0.15) is 55.4 Å². The van der Waals surface area contributed by atoms with E-state index in [4.69, 9.17) is 4.74 Å². The first kappa shape index (κ1) is 23.8. The van der Waals surface area contributed by atoms with E-state index in [1.165, 1.54) is 0 Å². The second-order valence-corrected chi connectivity index (χ2v) is 11.3. The van der Waals surface area contributed by atoms with Crippen LogP contribution >= 0.6 is 0 Å². The SMILES string of the molecule is COc1cccc2[nH]c(C(=O)NC(CC3CC3)C(=O)NC3(C#N)C4CCCC3C3C(=O)NCC3C4)cc12. The number of hydrogen-bond donors (Lipinski definition) is 4. The van der Waals surface area contributed by atoms with Crippen LogP contribution in [-0.2, 0) is 9.59 Å². The van der Waals surface area contributed by atoms with E-state index >= 15 is 0 Å². The minimum absolute atomic E-state index is 0.00120. The highest BCUT2D eigenvalue weighted by Gasteiger charge is 2.61. The van der Waals surface area contributed by atoms with Gasteiger partial charge >= 0.3 is 0 Å². The number of carbonyl (C=O) groups is 3. The van der Waals surface area contributed by atoms with Gasteiger partial charge in [0.2, 0.25) is 11.8 Å². The number of nitrogens with one attached hydrogen (secondary N) is 4. The Morgan fingerprint density at radius 1 is 1.27 bits per heavy atom. The summed E-state index contributed by atoms with van der Waals surface area (Å²) in [4.78, 5) is 42.9. The van der Waals surface area contributed by atoms with Crippen molar-refractivity contribution in [1.29, 1.82) is 5.26 Å². The molecule has 2 aromatic rings. The highest BCUT2D eigenvalue weighted by molar-refractivity contribution is 6.01. The molecule has 4 fully saturated rings. The first-order valence-corrected chi connectivity index (χ1v) is 13.4. The molecule has 2 heterocycles. The summed E-state index contributed by atoms with van der Waals surface area (Å²) < 4.78 is 5.41. The minimum Gasteiger partial charge on any atom is -0.496 e. The zero-order valence-electron chi connectivity index (χ0n) is 21.0. The summed E-state index contributed by atoms with van der Waals surface area (Å²) in [5, 5.41) is 20.3. The van der Waals surface area contributed by atoms with Crippen LogP contribution in [0, 0.1) is 40.9 Å². The number of hydrogen-bond acceptors (Lipinski definition) is 5. The number of nitrogens with zero attached hydrogens (tertiary/aromatic N) is 1. The number of benzene rings is 1. The molecule has 1 aromatic heterocycles. The van der Waals surface area contributed by atoms with Gasteiger partial charge in [-0.25, -0.2) is 0 Å². The Balaban J connectivity index is 1.25. The van der Waals surface area contributed by atoms with Crippen LogP contribution in [0.4, 0.5) is 0 Å². The standard InChI is InChI=1S/C28H33N5O4/c1-37-23-7-3-6-20-18(23)12-22(31-20)25(34)32-21(10-15-8-9-15)26(35)33-28(14-29)17-4-2-5-19(28)24-16(11-17)13-30-27(24)36/h3,6-7,12,15-17,19,21,24,31H,2,4-5,8-11,13H2,1H3,(H,30,36)(H,32,34)(H,33,35). The van der Waals surface area contributed by atoms with E-state index in [9.17, 15) is 19.6 Å². The number of carbonyl (C=O) groups excluding carboxylic acids is 3. The van der Waals surface area contributed by atoms with Crippen LogP contribution in [-0.4, -0.2) is 47.9 Å². The summed E-state index contributed by atoms with van der Waals surface area (Å²) in [5.41, 5.74) is 0.0396. The molecule has 0 radical (unpaired) electrons. The van der Waals surface area contributed by atoms with Crippen molar-refractivity contribution in [2.75, 3.05) is 13.7 Å². The van der Waals surface area contributed by atoms with Gasteiger partial charge in [-0.3, -0.25) is 14.4 Å². The Bertz CT molecular complexity index is 1290. The zero-order valence-corrected chi connectivity index (χ0v) is 21.0. The van der Waals surface area contributed by atoms with Crippen LogP contribution in [0.25, 0.3) is 10.9 Å². The lowest BCUT2D eigenvalue weighted by Crippen LogP contribution is -2.67. The summed E-state index contributed by atoms with van der Waals surface area (Å²) >= 11 is 0. The van der Waals surface area contributed by atoms with Crippen LogP contribution in [0.3, 0.4) is 0 Å². The second-order valence-electron chi connectivity index (χ2n) is 11.3. The van der Waals surface area contributed by atoms with Gasteiger partial charge in [0, 0.05) is 29.3 Å². The van der Waals surface area contributed by atoms with E-state index in [2.05, 4.69) is 27.0 Å². The summed E-state index contributed by atoms with van der Waals surface area (Å²) in [5.74, 6) is 0.125. The maximum absolute atomic E-state index is 13.8. The predicted octanol–water partition coefficient (Wildman–Crippen LogP) is 2.64. The van der Waals surface area contributed by atoms with Gasteiger partial charge in [0.05, 0.1) is 13.2 Å². The Labute approximate surface area is 215 Å². The van der Waals surface area contributed by atoms with E-state index in [0.717, 1.165) is 49.4 Å². The number of rotatable bonds is 7. The lowest BCUT2D eigenvalue weighted by atomic mass is 9.53. The molecular weight excluding hydrogens is 470 g/mol. The van der Waals surface area contributed by atoms with Gasteiger partial charge in [0.25, 0.3) is 5.91 Å². The molecule has 9 nitrogen and oxygen atoms in total. The Kier molecular flexibility index (Phi) is 5.85. The van der Waals surface area contributed by atoms with E-state index < -0.39 is 11.6 Å². The third-order valence-corrected chi connectivity index (χ3v) is 9.16. The third kappa shape index (κ3) is 4.03. The molecule has 37 heavy (non-hydrogen) atoms. The maximum atomic E-state index is 13.8. The molecule has 6 rings (SSSR count). The van der Waals surface area contributed by atoms with Gasteiger partial charge in [-0.05, 0) is 61.6 Å². The van der Waals surface area contributed by atoms with Gasteiger partial charge in [0.15, 0.2) is 0 Å². The van der Waals surface area contributed by atoms with Gasteiger partial charge < -0.3 is 25.7 Å². The zero-order chi connectivity index (χ0) is 25.7. The van der Waals surface area contributed by atoms with Crippen molar-refractivity contribution in [3.05, 3.63) is 30.0 Å². The van der Waals surface area contributed by atoms with Crippen molar-refractivity contribution in [1.82, 2.24) is 20.9 Å². The average molecular weight is 504 g/mol. The third-order valence-electron chi connectivity index (χ3n) is 9.16. The van der Waals surface area contributed by atoms with Crippen LogP contribution < -0.4 is 20.7 Å². The fourth-order valence-electron chi connectivity index (χ4n) is 7.18. The van der Waals surface area contributed by atoms with E-state index in [0.29, 0.717) is 30.3 Å². The average Bonchev–Trinajstić information content (AvgIpc) is 3.48. The highest BCUT2D eigenvalue weighted by atomic mass is 16.5. The van der Waals surface area contributed by atoms with Crippen molar-refractivity contribution < 1.29 is 19.1 Å². The highest BCUT2D eigenvalue weighted by Crippen LogP contribution is 2.53. The summed E-state index contributed by atoms with van der Waals surface area (Å²) in [7, 11) is 1.58. The van der Waals surface area contributed by atoms with Crippen LogP contribution in [0.2, 0.25) is 0 Å². The molecular formula is C28H33N5O4. The number of methoxy groups -OCH3 is 1. The number of amides is 3. The van der Waals surface area contributed by atoms with Crippen molar-refractivity contribution in [2.45, 2.75) is 56.5 Å². The quantitative estimate of drug-likeness (QED) is 0.461. The number of H-pyrrole nitrogens is 1. The minimum atomic E-state index is -1.08. The topological polar surface area (TPSA) is 136 Å². The largest absolute Gasteiger partial charge is 0.496 e. The molecule has 4 aliphatic rings. The number of aromatic nitrogens is 1. The summed E-state index contributed by atoms with van der Waals surface area (Å²) in [6.45, 7) is 0.654. The predicted molar refractivity (Wildman–Crippen MR) is 135 cm³/mol. The summed E-state index contributed by atoms with van der Waals surface area (Å²) in [6, 6.07) is 9.00. The van der Waals surface area contributed by atoms with E-state index in [1.807, 2.05) is 18.2 Å². The molecule has 1 aromatic carbocycles. The molecule has 3 amide bonds. The summed E-state index contributed by atoms with van der Waals surface area (Å²) in [6.07, 6.45) is 5.91. The Morgan fingerprint density at radius 3 is 2.86 bits per heavy atom. The van der Waals surface area contributed by atoms with Gasteiger partial charge in [-0.1, -0.05) is 25.3 Å². The van der Waals surface area contributed by atoms with Crippen molar-refractivity contribution >= 4 is 28.6 Å². The number of aromatic amines is 1. The molecule has 2 bridgehead atoms. The first-order chi connectivity index (χ1) is 17.9. The first-order valence-electron chi connectivity index (χ1n) is 13.4. The van der Waals surface area contributed by atoms with Crippen LogP contribution in [0.15, 0.2) is 24.3 Å². The lowest BCUT2D eigenvalue weighted by Gasteiger charge is -2.53. The van der Waals surface area contributed by atoms with E-state index in [1.54, 1.807) is 13.2 Å². The Hall–Kier alpha value is -3.54. The molecule has 194 valence electrons. The molecule has 6 atom stereocenters. The molecule has 1 saturated heterocycles. The monoisotopic (exact) mass is 503 g/mol.